The van der Waals surface area contributed by atoms with E-state index in [4.69, 9.17) is 0 Å². The Morgan fingerprint density at radius 2 is 1.79 bits per heavy atom. The molecule has 2 saturated heterocycles. The molecule has 2 aliphatic rings. The second kappa shape index (κ2) is 6.46. The first-order valence-corrected chi connectivity index (χ1v) is 8.76. The van der Waals surface area contributed by atoms with Gasteiger partial charge in [0.25, 0.3) is 5.91 Å². The number of piperidine rings is 2. The molecule has 0 unspecified atom stereocenters. The van der Waals surface area contributed by atoms with Crippen molar-refractivity contribution in [3.8, 4) is 0 Å². The Bertz CT molecular complexity index is 622. The van der Waals surface area contributed by atoms with E-state index in [9.17, 15) is 9.59 Å². The standard InChI is InChI=1S/C19H27N3O2/c1-20(2)16-9-7-15(8-10-16)18(24)22-13-5-12-19(14-22)11-4-6-17(23)21(19)3/h7-10H,4-6,11-14H2,1-3H3/t19-/m0/s1. The van der Waals surface area contributed by atoms with E-state index in [1.807, 2.05) is 60.1 Å². The van der Waals surface area contributed by atoms with Gasteiger partial charge in [0.1, 0.15) is 0 Å². The number of likely N-dealkylation sites (tertiary alicyclic amines) is 2. The van der Waals surface area contributed by atoms with E-state index in [0.29, 0.717) is 13.0 Å². The largest absolute Gasteiger partial charge is 0.378 e. The predicted molar refractivity (Wildman–Crippen MR) is 95.3 cm³/mol. The third-order valence-electron chi connectivity index (χ3n) is 5.59. The Kier molecular flexibility index (Phi) is 4.52. The monoisotopic (exact) mass is 329 g/mol. The zero-order valence-corrected chi connectivity index (χ0v) is 14.9. The fraction of sp³-hybridized carbons (Fsp3) is 0.579. The summed E-state index contributed by atoms with van der Waals surface area (Å²) in [4.78, 5) is 30.9. The van der Waals surface area contributed by atoms with E-state index >= 15 is 0 Å². The summed E-state index contributed by atoms with van der Waals surface area (Å²) in [6.07, 6.45) is 4.53. The molecule has 1 atom stereocenters. The predicted octanol–water partition coefficient (Wildman–Crippen LogP) is 2.37. The van der Waals surface area contributed by atoms with Crippen LogP contribution in [0, 0.1) is 0 Å². The molecule has 1 spiro atoms. The molecule has 0 bridgehead atoms. The lowest BCUT2D eigenvalue weighted by molar-refractivity contribution is -0.142. The summed E-state index contributed by atoms with van der Waals surface area (Å²) in [6, 6.07) is 7.75. The molecule has 0 aromatic heterocycles. The fourth-order valence-corrected chi connectivity index (χ4v) is 4.02. The van der Waals surface area contributed by atoms with Gasteiger partial charge in [0.05, 0.1) is 5.54 Å². The lowest BCUT2D eigenvalue weighted by atomic mass is 9.80. The van der Waals surface area contributed by atoms with Crippen molar-refractivity contribution in [3.05, 3.63) is 29.8 Å². The van der Waals surface area contributed by atoms with Crippen LogP contribution in [0.5, 0.6) is 0 Å². The maximum atomic E-state index is 12.9. The average molecular weight is 329 g/mol. The van der Waals surface area contributed by atoms with Crippen molar-refractivity contribution < 1.29 is 9.59 Å². The zero-order valence-electron chi connectivity index (χ0n) is 14.9. The Morgan fingerprint density at radius 1 is 1.12 bits per heavy atom. The van der Waals surface area contributed by atoms with E-state index in [1.165, 1.54) is 0 Å². The van der Waals surface area contributed by atoms with E-state index in [2.05, 4.69) is 0 Å². The second-order valence-corrected chi connectivity index (χ2v) is 7.30. The first kappa shape index (κ1) is 16.8. The van der Waals surface area contributed by atoms with Gasteiger partial charge in [-0.1, -0.05) is 0 Å². The molecular weight excluding hydrogens is 302 g/mol. The van der Waals surface area contributed by atoms with Crippen LogP contribution in [0.1, 0.15) is 42.5 Å². The Morgan fingerprint density at radius 3 is 2.46 bits per heavy atom. The molecule has 2 aliphatic heterocycles. The third-order valence-corrected chi connectivity index (χ3v) is 5.59. The molecule has 130 valence electrons. The number of rotatable bonds is 2. The van der Waals surface area contributed by atoms with Crippen LogP contribution < -0.4 is 4.90 Å². The first-order valence-electron chi connectivity index (χ1n) is 8.76. The highest BCUT2D eigenvalue weighted by atomic mass is 16.2. The van der Waals surface area contributed by atoms with Crippen LogP contribution in [0.2, 0.25) is 0 Å². The van der Waals surface area contributed by atoms with Crippen molar-refractivity contribution in [1.82, 2.24) is 9.80 Å². The van der Waals surface area contributed by atoms with Crippen molar-refractivity contribution in [3.63, 3.8) is 0 Å². The van der Waals surface area contributed by atoms with Crippen molar-refractivity contribution in [2.24, 2.45) is 0 Å². The van der Waals surface area contributed by atoms with Crippen LogP contribution in [0.3, 0.4) is 0 Å². The molecule has 5 nitrogen and oxygen atoms in total. The molecule has 1 aromatic rings. The Balaban J connectivity index is 1.76. The third kappa shape index (κ3) is 2.99. The van der Waals surface area contributed by atoms with Gasteiger partial charge in [-0.25, -0.2) is 0 Å². The quantitative estimate of drug-likeness (QED) is 0.837. The number of hydrogen-bond acceptors (Lipinski definition) is 3. The van der Waals surface area contributed by atoms with Gasteiger partial charge < -0.3 is 14.7 Å². The lowest BCUT2D eigenvalue weighted by Gasteiger charge is -2.50. The van der Waals surface area contributed by atoms with Crippen LogP contribution in [0.15, 0.2) is 24.3 Å². The first-order chi connectivity index (χ1) is 11.4. The molecule has 3 rings (SSSR count). The molecule has 0 saturated carbocycles. The lowest BCUT2D eigenvalue weighted by Crippen LogP contribution is -2.61. The summed E-state index contributed by atoms with van der Waals surface area (Å²) in [5.41, 5.74) is 1.65. The minimum absolute atomic E-state index is 0.0748. The zero-order chi connectivity index (χ0) is 17.3. The normalized spacial score (nSPS) is 24.4. The minimum Gasteiger partial charge on any atom is -0.378 e. The Hall–Kier alpha value is -2.04. The van der Waals surface area contributed by atoms with Gasteiger partial charge in [-0.15, -0.1) is 0 Å². The highest BCUT2D eigenvalue weighted by Gasteiger charge is 2.44. The summed E-state index contributed by atoms with van der Waals surface area (Å²) >= 11 is 0. The second-order valence-electron chi connectivity index (χ2n) is 7.30. The van der Waals surface area contributed by atoms with E-state index < -0.39 is 0 Å². The average Bonchev–Trinajstić information content (AvgIpc) is 2.59. The molecule has 2 fully saturated rings. The maximum absolute atomic E-state index is 12.9. The molecule has 1 aromatic carbocycles. The van der Waals surface area contributed by atoms with Crippen LogP contribution in [0.4, 0.5) is 5.69 Å². The number of benzene rings is 1. The number of carbonyl (C=O) groups is 2. The van der Waals surface area contributed by atoms with Gasteiger partial charge in [-0.05, 0) is 49.9 Å². The summed E-state index contributed by atoms with van der Waals surface area (Å²) in [7, 11) is 5.88. The number of anilines is 1. The molecular formula is C19H27N3O2. The topological polar surface area (TPSA) is 43.9 Å². The molecule has 2 heterocycles. The van der Waals surface area contributed by atoms with E-state index in [-0.39, 0.29) is 17.4 Å². The molecule has 0 N–H and O–H groups in total. The van der Waals surface area contributed by atoms with Gasteiger partial charge >= 0.3 is 0 Å². The highest BCUT2D eigenvalue weighted by molar-refractivity contribution is 5.94. The molecule has 0 radical (unpaired) electrons. The van der Waals surface area contributed by atoms with Gasteiger partial charge in [0.15, 0.2) is 0 Å². The number of hydrogen-bond donors (Lipinski definition) is 0. The maximum Gasteiger partial charge on any atom is 0.253 e. The number of amides is 2. The number of carbonyl (C=O) groups excluding carboxylic acids is 2. The molecule has 0 aliphatic carbocycles. The van der Waals surface area contributed by atoms with Crippen molar-refractivity contribution in [1.29, 1.82) is 0 Å². The summed E-state index contributed by atoms with van der Waals surface area (Å²) < 4.78 is 0. The van der Waals surface area contributed by atoms with Gasteiger partial charge in [0.2, 0.25) is 5.91 Å². The minimum atomic E-state index is -0.160. The summed E-state index contributed by atoms with van der Waals surface area (Å²) in [5.74, 6) is 0.289. The smallest absolute Gasteiger partial charge is 0.253 e. The molecule has 5 heteroatoms. The van der Waals surface area contributed by atoms with Gasteiger partial charge in [-0.3, -0.25) is 9.59 Å². The van der Waals surface area contributed by atoms with Crippen LogP contribution >= 0.6 is 0 Å². The van der Waals surface area contributed by atoms with E-state index in [1.54, 1.807) is 0 Å². The van der Waals surface area contributed by atoms with Crippen LogP contribution in [0.25, 0.3) is 0 Å². The van der Waals surface area contributed by atoms with Gasteiger partial charge in [0, 0.05) is 51.9 Å². The van der Waals surface area contributed by atoms with Crippen molar-refractivity contribution >= 4 is 17.5 Å². The van der Waals surface area contributed by atoms with Crippen LogP contribution in [-0.2, 0) is 4.79 Å². The van der Waals surface area contributed by atoms with Gasteiger partial charge in [-0.2, -0.15) is 0 Å². The van der Waals surface area contributed by atoms with Crippen molar-refractivity contribution in [2.75, 3.05) is 39.1 Å². The Labute approximate surface area is 144 Å². The highest BCUT2D eigenvalue weighted by Crippen LogP contribution is 2.36. The molecule has 24 heavy (non-hydrogen) atoms. The summed E-state index contributed by atoms with van der Waals surface area (Å²) in [6.45, 7) is 1.43. The summed E-state index contributed by atoms with van der Waals surface area (Å²) in [5, 5.41) is 0. The fourth-order valence-electron chi connectivity index (χ4n) is 4.02. The van der Waals surface area contributed by atoms with Crippen molar-refractivity contribution in [2.45, 2.75) is 37.6 Å². The van der Waals surface area contributed by atoms with E-state index in [0.717, 1.165) is 43.5 Å². The van der Waals surface area contributed by atoms with Crippen LogP contribution in [-0.4, -0.2) is 61.4 Å². The number of likely N-dealkylation sites (N-methyl/N-ethyl adjacent to an activating group) is 1. The number of nitrogens with zero attached hydrogens (tertiary/aromatic N) is 3. The molecule has 2 amide bonds. The SMILES string of the molecule is CN(C)c1ccc(C(=O)N2CCC[C@@]3(CCCC(=O)N3C)C2)cc1.